The predicted molar refractivity (Wildman–Crippen MR) is 70.3 cm³/mol. The minimum atomic E-state index is 0.352. The van der Waals surface area contributed by atoms with Crippen LogP contribution in [-0.2, 0) is 0 Å². The molecule has 1 atom stereocenters. The maximum absolute atomic E-state index is 6.12. The van der Waals surface area contributed by atoms with Gasteiger partial charge in [0, 0.05) is 28.6 Å². The molecule has 0 aliphatic heterocycles. The summed E-state index contributed by atoms with van der Waals surface area (Å²) in [7, 11) is 0. The molecule has 2 aromatic rings. The molecule has 1 unspecified atom stereocenters. The van der Waals surface area contributed by atoms with Gasteiger partial charge in [-0.05, 0) is 31.0 Å². The molecular weight excluding hydrogens is 220 g/mol. The standard InChI is InChI=1S/C13H17ClN2/c1-7(6-15)12-8(2)10-4-5-11(14)9(3)13(10)16-12/h4-5,7,16H,6,15H2,1-3H3. The van der Waals surface area contributed by atoms with Gasteiger partial charge in [-0.25, -0.2) is 0 Å². The number of halogens is 1. The molecule has 2 rings (SSSR count). The summed E-state index contributed by atoms with van der Waals surface area (Å²) in [6.45, 7) is 6.96. The van der Waals surface area contributed by atoms with Crippen molar-refractivity contribution in [3.05, 3.63) is 34.0 Å². The first-order chi connectivity index (χ1) is 7.56. The first-order valence-electron chi connectivity index (χ1n) is 5.53. The second-order valence-corrected chi connectivity index (χ2v) is 4.80. The highest BCUT2D eigenvalue weighted by molar-refractivity contribution is 6.32. The van der Waals surface area contributed by atoms with E-state index in [9.17, 15) is 0 Å². The average Bonchev–Trinajstić information content (AvgIpc) is 2.61. The number of nitrogens with two attached hydrogens (primary N) is 1. The highest BCUT2D eigenvalue weighted by atomic mass is 35.5. The second-order valence-electron chi connectivity index (χ2n) is 4.40. The molecule has 86 valence electrons. The number of aromatic amines is 1. The van der Waals surface area contributed by atoms with Crippen molar-refractivity contribution in [3.8, 4) is 0 Å². The number of nitrogens with one attached hydrogen (secondary N) is 1. The molecule has 0 aliphatic rings. The number of aryl methyl sites for hydroxylation is 2. The Morgan fingerprint density at radius 2 is 2.00 bits per heavy atom. The zero-order valence-corrected chi connectivity index (χ0v) is 10.7. The van der Waals surface area contributed by atoms with Crippen LogP contribution in [0.1, 0.15) is 29.7 Å². The van der Waals surface area contributed by atoms with Crippen LogP contribution in [0.5, 0.6) is 0 Å². The van der Waals surface area contributed by atoms with Crippen molar-refractivity contribution >= 4 is 22.5 Å². The second kappa shape index (κ2) is 4.11. The maximum atomic E-state index is 6.12. The molecule has 1 aromatic heterocycles. The van der Waals surface area contributed by atoms with Crippen molar-refractivity contribution in [2.24, 2.45) is 5.73 Å². The summed E-state index contributed by atoms with van der Waals surface area (Å²) in [4.78, 5) is 3.46. The van der Waals surface area contributed by atoms with Crippen LogP contribution >= 0.6 is 11.6 Å². The third kappa shape index (κ3) is 1.62. The van der Waals surface area contributed by atoms with Gasteiger partial charge in [-0.1, -0.05) is 24.6 Å². The lowest BCUT2D eigenvalue weighted by atomic mass is 10.0. The minimum absolute atomic E-state index is 0.352. The van der Waals surface area contributed by atoms with Gasteiger partial charge >= 0.3 is 0 Å². The monoisotopic (exact) mass is 236 g/mol. The van der Waals surface area contributed by atoms with Crippen LogP contribution in [0.4, 0.5) is 0 Å². The molecule has 1 aromatic carbocycles. The van der Waals surface area contributed by atoms with Gasteiger partial charge in [0.15, 0.2) is 0 Å². The van der Waals surface area contributed by atoms with Gasteiger partial charge < -0.3 is 10.7 Å². The van der Waals surface area contributed by atoms with E-state index in [2.05, 4.69) is 24.9 Å². The fourth-order valence-electron chi connectivity index (χ4n) is 2.14. The number of fused-ring (bicyclic) bond motifs is 1. The first-order valence-corrected chi connectivity index (χ1v) is 5.91. The Bertz CT molecular complexity index is 528. The molecule has 0 aliphatic carbocycles. The van der Waals surface area contributed by atoms with Crippen molar-refractivity contribution < 1.29 is 0 Å². The maximum Gasteiger partial charge on any atom is 0.0503 e. The van der Waals surface area contributed by atoms with Gasteiger partial charge in [0.2, 0.25) is 0 Å². The summed E-state index contributed by atoms with van der Waals surface area (Å²) in [5, 5.41) is 2.05. The van der Waals surface area contributed by atoms with E-state index in [4.69, 9.17) is 17.3 Å². The van der Waals surface area contributed by atoms with E-state index in [0.717, 1.165) is 16.1 Å². The van der Waals surface area contributed by atoms with E-state index in [1.165, 1.54) is 16.6 Å². The zero-order valence-electron chi connectivity index (χ0n) is 9.89. The van der Waals surface area contributed by atoms with Gasteiger partial charge in [0.05, 0.1) is 5.52 Å². The van der Waals surface area contributed by atoms with E-state index in [1.54, 1.807) is 0 Å². The number of rotatable bonds is 2. The van der Waals surface area contributed by atoms with E-state index in [1.807, 2.05) is 13.0 Å². The van der Waals surface area contributed by atoms with Crippen LogP contribution in [0.3, 0.4) is 0 Å². The highest BCUT2D eigenvalue weighted by Crippen LogP contribution is 2.31. The topological polar surface area (TPSA) is 41.8 Å². The first kappa shape index (κ1) is 11.5. The van der Waals surface area contributed by atoms with Gasteiger partial charge in [-0.3, -0.25) is 0 Å². The molecule has 3 N–H and O–H groups in total. The lowest BCUT2D eigenvalue weighted by Crippen LogP contribution is -2.10. The molecular formula is C13H17ClN2. The molecule has 0 amide bonds. The van der Waals surface area contributed by atoms with Gasteiger partial charge in [-0.2, -0.15) is 0 Å². The Morgan fingerprint density at radius 3 is 2.62 bits per heavy atom. The Hall–Kier alpha value is -0.990. The molecule has 1 heterocycles. The number of benzene rings is 1. The summed E-state index contributed by atoms with van der Waals surface area (Å²) >= 11 is 6.12. The molecule has 3 heteroatoms. The lowest BCUT2D eigenvalue weighted by Gasteiger charge is -2.06. The average molecular weight is 237 g/mol. The van der Waals surface area contributed by atoms with E-state index in [-0.39, 0.29) is 0 Å². The van der Waals surface area contributed by atoms with Gasteiger partial charge in [-0.15, -0.1) is 0 Å². The van der Waals surface area contributed by atoms with Crippen molar-refractivity contribution in [1.29, 1.82) is 0 Å². The highest BCUT2D eigenvalue weighted by Gasteiger charge is 2.14. The fourth-order valence-corrected chi connectivity index (χ4v) is 2.30. The third-order valence-corrected chi connectivity index (χ3v) is 3.72. The molecule has 0 fully saturated rings. The van der Waals surface area contributed by atoms with Crippen LogP contribution in [0.25, 0.3) is 10.9 Å². The number of aromatic nitrogens is 1. The molecule has 0 saturated carbocycles. The summed E-state index contributed by atoms with van der Waals surface area (Å²) in [5.41, 5.74) is 10.5. The van der Waals surface area contributed by atoms with Crippen molar-refractivity contribution in [1.82, 2.24) is 4.98 Å². The summed E-state index contributed by atoms with van der Waals surface area (Å²) in [6, 6.07) is 4.03. The van der Waals surface area contributed by atoms with E-state index < -0.39 is 0 Å². The van der Waals surface area contributed by atoms with Crippen LogP contribution in [0, 0.1) is 13.8 Å². The van der Waals surface area contributed by atoms with Crippen LogP contribution in [0.2, 0.25) is 5.02 Å². The van der Waals surface area contributed by atoms with Crippen molar-refractivity contribution in [2.45, 2.75) is 26.7 Å². The van der Waals surface area contributed by atoms with Crippen LogP contribution in [-0.4, -0.2) is 11.5 Å². The third-order valence-electron chi connectivity index (χ3n) is 3.31. The molecule has 0 saturated heterocycles. The number of hydrogen-bond acceptors (Lipinski definition) is 1. The predicted octanol–water partition coefficient (Wildman–Crippen LogP) is 3.50. The minimum Gasteiger partial charge on any atom is -0.358 e. The SMILES string of the molecule is Cc1c(C(C)CN)[nH]c2c(C)c(Cl)ccc12. The Labute approximate surface area is 101 Å². The molecule has 16 heavy (non-hydrogen) atoms. The van der Waals surface area contributed by atoms with E-state index in [0.29, 0.717) is 12.5 Å². The van der Waals surface area contributed by atoms with Crippen molar-refractivity contribution in [3.63, 3.8) is 0 Å². The molecule has 0 bridgehead atoms. The molecule has 0 spiro atoms. The molecule has 2 nitrogen and oxygen atoms in total. The molecule has 0 radical (unpaired) electrons. The smallest absolute Gasteiger partial charge is 0.0503 e. The van der Waals surface area contributed by atoms with E-state index >= 15 is 0 Å². The largest absolute Gasteiger partial charge is 0.358 e. The normalized spacial score (nSPS) is 13.3. The lowest BCUT2D eigenvalue weighted by molar-refractivity contribution is 0.748. The van der Waals surface area contributed by atoms with Crippen molar-refractivity contribution in [2.75, 3.05) is 6.54 Å². The van der Waals surface area contributed by atoms with Crippen LogP contribution in [0.15, 0.2) is 12.1 Å². The van der Waals surface area contributed by atoms with Crippen LogP contribution < -0.4 is 5.73 Å². The fraction of sp³-hybridized carbons (Fsp3) is 0.385. The summed E-state index contributed by atoms with van der Waals surface area (Å²) < 4.78 is 0. The zero-order chi connectivity index (χ0) is 11.9. The van der Waals surface area contributed by atoms with Gasteiger partial charge in [0.25, 0.3) is 0 Å². The Balaban J connectivity index is 2.72. The summed E-state index contributed by atoms with van der Waals surface area (Å²) in [6.07, 6.45) is 0. The quantitative estimate of drug-likeness (QED) is 0.824. The number of H-pyrrole nitrogens is 1. The summed E-state index contributed by atoms with van der Waals surface area (Å²) in [5.74, 6) is 0.352. The number of hydrogen-bond donors (Lipinski definition) is 2. The Morgan fingerprint density at radius 1 is 1.31 bits per heavy atom. The van der Waals surface area contributed by atoms with Gasteiger partial charge in [0.1, 0.15) is 0 Å². The Kier molecular flexibility index (Phi) is 2.96.